The van der Waals surface area contributed by atoms with E-state index >= 15 is 0 Å². The second-order valence-corrected chi connectivity index (χ2v) is 6.62. The minimum Gasteiger partial charge on any atom is -0.379 e. The van der Waals surface area contributed by atoms with Crippen LogP contribution in [0.3, 0.4) is 0 Å². The maximum absolute atomic E-state index is 12.1. The second kappa shape index (κ2) is 9.90. The fraction of sp³-hybridized carbons (Fsp3) is 0.389. The van der Waals surface area contributed by atoms with Crippen LogP contribution in [0.2, 0.25) is 0 Å². The molecule has 2 amide bonds. The number of nitrogens with zero attached hydrogens (tertiary/aromatic N) is 1. The number of carbonyl (C=O) groups excluding carboxylic acids is 2. The third kappa shape index (κ3) is 7.03. The van der Waals surface area contributed by atoms with Gasteiger partial charge in [-0.1, -0.05) is 18.2 Å². The molecule has 0 fully saturated rings. The smallest absolute Gasteiger partial charge is 0.257 e. The number of anilines is 1. The van der Waals surface area contributed by atoms with E-state index in [2.05, 4.69) is 15.6 Å². The number of nitrogens with one attached hydrogen (secondary N) is 2. The van der Waals surface area contributed by atoms with Crippen molar-refractivity contribution in [2.45, 2.75) is 32.8 Å². The lowest BCUT2D eigenvalue weighted by atomic mass is 10.2. The molecule has 0 saturated heterocycles. The molecule has 6 nitrogen and oxygen atoms in total. The Bertz CT molecular complexity index is 686. The number of hydrogen-bond acceptors (Lipinski definition) is 5. The fourth-order valence-corrected chi connectivity index (χ4v) is 2.76. The third-order valence-corrected chi connectivity index (χ3v) is 4.05. The molecule has 0 spiro atoms. The lowest BCUT2D eigenvalue weighted by Crippen LogP contribution is -2.27. The summed E-state index contributed by atoms with van der Waals surface area (Å²) >= 11 is 1.31. The van der Waals surface area contributed by atoms with E-state index in [1.807, 2.05) is 19.9 Å². The third-order valence-electron chi connectivity index (χ3n) is 3.24. The Morgan fingerprint density at radius 2 is 2.00 bits per heavy atom. The number of ether oxygens (including phenoxy) is 1. The average Bonchev–Trinajstić information content (AvgIpc) is 3.01. The summed E-state index contributed by atoms with van der Waals surface area (Å²) in [6, 6.07) is 8.93. The van der Waals surface area contributed by atoms with Crippen LogP contribution in [-0.2, 0) is 16.0 Å². The molecule has 2 rings (SSSR count). The Kier molecular flexibility index (Phi) is 7.56. The highest BCUT2D eigenvalue weighted by Gasteiger charge is 2.10. The van der Waals surface area contributed by atoms with Gasteiger partial charge in [0, 0.05) is 24.1 Å². The summed E-state index contributed by atoms with van der Waals surface area (Å²) in [6.45, 7) is 5.17. The molecule has 7 heteroatoms. The van der Waals surface area contributed by atoms with Crippen LogP contribution in [0.5, 0.6) is 0 Å². The molecular weight excluding hydrogens is 338 g/mol. The van der Waals surface area contributed by atoms with Crippen molar-refractivity contribution >= 4 is 28.3 Å². The molecular formula is C18H23N3O3S. The van der Waals surface area contributed by atoms with E-state index in [1.54, 1.807) is 29.6 Å². The highest BCUT2D eigenvalue weighted by Crippen LogP contribution is 2.17. The first-order valence-electron chi connectivity index (χ1n) is 8.23. The maximum Gasteiger partial charge on any atom is 0.257 e. The Hall–Kier alpha value is -2.25. The summed E-state index contributed by atoms with van der Waals surface area (Å²) in [7, 11) is 0. The van der Waals surface area contributed by atoms with Gasteiger partial charge in [0.2, 0.25) is 5.91 Å². The van der Waals surface area contributed by atoms with Gasteiger partial charge in [0.15, 0.2) is 5.13 Å². The van der Waals surface area contributed by atoms with Crippen LogP contribution in [0.4, 0.5) is 5.13 Å². The van der Waals surface area contributed by atoms with Gasteiger partial charge in [-0.15, -0.1) is 11.3 Å². The Labute approximate surface area is 151 Å². The van der Waals surface area contributed by atoms with Crippen molar-refractivity contribution in [3.63, 3.8) is 0 Å². The van der Waals surface area contributed by atoms with E-state index in [0.717, 1.165) is 6.42 Å². The summed E-state index contributed by atoms with van der Waals surface area (Å²) in [4.78, 5) is 28.2. The normalized spacial score (nSPS) is 10.7. The van der Waals surface area contributed by atoms with E-state index in [9.17, 15) is 9.59 Å². The van der Waals surface area contributed by atoms with Gasteiger partial charge in [-0.3, -0.25) is 14.9 Å². The number of amides is 2. The quantitative estimate of drug-likeness (QED) is 0.673. The molecule has 2 N–H and O–H groups in total. The molecule has 0 aliphatic carbocycles. The molecule has 25 heavy (non-hydrogen) atoms. The summed E-state index contributed by atoms with van der Waals surface area (Å²) in [5, 5.41) is 7.85. The molecule has 134 valence electrons. The first kappa shape index (κ1) is 19.1. The van der Waals surface area contributed by atoms with Gasteiger partial charge in [0.1, 0.15) is 0 Å². The number of rotatable bonds is 9. The van der Waals surface area contributed by atoms with Crippen molar-refractivity contribution in [3.05, 3.63) is 47.0 Å². The Balaban J connectivity index is 1.73. The molecule has 0 unspecified atom stereocenters. The zero-order valence-electron chi connectivity index (χ0n) is 14.5. The molecule has 0 atom stereocenters. The monoisotopic (exact) mass is 361 g/mol. The van der Waals surface area contributed by atoms with Crippen LogP contribution in [0.25, 0.3) is 0 Å². The molecule has 1 heterocycles. The standard InChI is InChI=1S/C18H23N3O3S/c1-13(2)24-10-6-9-19-16(22)11-15-12-25-18(20-15)21-17(23)14-7-4-3-5-8-14/h3-5,7-8,12-13H,6,9-11H2,1-2H3,(H,19,22)(H,20,21,23). The summed E-state index contributed by atoms with van der Waals surface area (Å²) in [5.74, 6) is -0.299. The van der Waals surface area contributed by atoms with Gasteiger partial charge >= 0.3 is 0 Å². The van der Waals surface area contributed by atoms with E-state index < -0.39 is 0 Å². The Morgan fingerprint density at radius 1 is 1.24 bits per heavy atom. The number of carbonyl (C=O) groups is 2. The van der Waals surface area contributed by atoms with Crippen molar-refractivity contribution in [2.24, 2.45) is 0 Å². The predicted octanol–water partition coefficient (Wildman–Crippen LogP) is 2.87. The number of benzene rings is 1. The minimum atomic E-state index is -0.212. The van der Waals surface area contributed by atoms with Crippen LogP contribution in [0, 0.1) is 0 Å². The van der Waals surface area contributed by atoms with E-state index in [1.165, 1.54) is 11.3 Å². The van der Waals surface area contributed by atoms with Gasteiger partial charge in [-0.25, -0.2) is 4.98 Å². The zero-order valence-corrected chi connectivity index (χ0v) is 15.3. The summed E-state index contributed by atoms with van der Waals surface area (Å²) in [5.41, 5.74) is 1.21. The number of thiazole rings is 1. The molecule has 0 bridgehead atoms. The highest BCUT2D eigenvalue weighted by atomic mass is 32.1. The van der Waals surface area contributed by atoms with Crippen molar-refractivity contribution < 1.29 is 14.3 Å². The largest absolute Gasteiger partial charge is 0.379 e. The molecule has 0 saturated carbocycles. The molecule has 0 aliphatic heterocycles. The summed E-state index contributed by atoms with van der Waals surface area (Å²) in [6.07, 6.45) is 1.18. The van der Waals surface area contributed by atoms with Crippen LogP contribution < -0.4 is 10.6 Å². The minimum absolute atomic E-state index is 0.0872. The van der Waals surface area contributed by atoms with Gasteiger partial charge < -0.3 is 10.1 Å². The van der Waals surface area contributed by atoms with Crippen LogP contribution in [-0.4, -0.2) is 36.1 Å². The number of aromatic nitrogens is 1. The second-order valence-electron chi connectivity index (χ2n) is 5.76. The lowest BCUT2D eigenvalue weighted by molar-refractivity contribution is -0.120. The molecule has 0 aliphatic rings. The van der Waals surface area contributed by atoms with Crippen molar-refractivity contribution in [2.75, 3.05) is 18.5 Å². The topological polar surface area (TPSA) is 80.3 Å². The fourth-order valence-electron chi connectivity index (χ4n) is 2.05. The van der Waals surface area contributed by atoms with Gasteiger partial charge in [-0.2, -0.15) is 0 Å². The molecule has 1 aromatic carbocycles. The van der Waals surface area contributed by atoms with E-state index in [-0.39, 0.29) is 24.3 Å². The maximum atomic E-state index is 12.1. The molecule has 0 radical (unpaired) electrons. The van der Waals surface area contributed by atoms with E-state index in [0.29, 0.717) is 29.5 Å². The number of hydrogen-bond donors (Lipinski definition) is 2. The highest BCUT2D eigenvalue weighted by molar-refractivity contribution is 7.14. The average molecular weight is 361 g/mol. The van der Waals surface area contributed by atoms with E-state index in [4.69, 9.17) is 4.74 Å². The van der Waals surface area contributed by atoms with Crippen molar-refractivity contribution in [1.29, 1.82) is 0 Å². The van der Waals surface area contributed by atoms with Crippen LogP contribution >= 0.6 is 11.3 Å². The first-order chi connectivity index (χ1) is 12.0. The predicted molar refractivity (Wildman–Crippen MR) is 98.9 cm³/mol. The SMILES string of the molecule is CC(C)OCCCNC(=O)Cc1csc(NC(=O)c2ccccc2)n1. The molecule has 1 aromatic heterocycles. The van der Waals surface area contributed by atoms with Crippen LogP contribution in [0.15, 0.2) is 35.7 Å². The first-order valence-corrected chi connectivity index (χ1v) is 9.11. The Morgan fingerprint density at radius 3 is 2.72 bits per heavy atom. The van der Waals surface area contributed by atoms with Crippen molar-refractivity contribution in [1.82, 2.24) is 10.3 Å². The van der Waals surface area contributed by atoms with Crippen molar-refractivity contribution in [3.8, 4) is 0 Å². The van der Waals surface area contributed by atoms with Gasteiger partial charge in [0.25, 0.3) is 5.91 Å². The van der Waals surface area contributed by atoms with Gasteiger partial charge in [0.05, 0.1) is 18.2 Å². The lowest BCUT2D eigenvalue weighted by Gasteiger charge is -2.07. The van der Waals surface area contributed by atoms with Gasteiger partial charge in [-0.05, 0) is 32.4 Å². The zero-order chi connectivity index (χ0) is 18.1. The summed E-state index contributed by atoms with van der Waals surface area (Å²) < 4.78 is 5.42. The molecule has 2 aromatic rings. The van der Waals surface area contributed by atoms with Crippen LogP contribution in [0.1, 0.15) is 36.3 Å².